The van der Waals surface area contributed by atoms with Crippen molar-refractivity contribution in [1.82, 2.24) is 4.90 Å². The lowest BCUT2D eigenvalue weighted by molar-refractivity contribution is 0.137. The fourth-order valence-corrected chi connectivity index (χ4v) is 4.75. The average Bonchev–Trinajstić information content (AvgIpc) is 2.80. The van der Waals surface area contributed by atoms with E-state index in [9.17, 15) is 0 Å². The molecule has 2 heterocycles. The molecule has 3 rings (SSSR count). The molecule has 0 radical (unpaired) electrons. The van der Waals surface area contributed by atoms with Gasteiger partial charge in [-0.1, -0.05) is 38.0 Å². The summed E-state index contributed by atoms with van der Waals surface area (Å²) in [6.07, 6.45) is 6.62. The lowest BCUT2D eigenvalue weighted by Crippen LogP contribution is -2.40. The summed E-state index contributed by atoms with van der Waals surface area (Å²) in [4.78, 5) is 2.70. The van der Waals surface area contributed by atoms with Crippen molar-refractivity contribution in [3.8, 4) is 0 Å². The Hall–Kier alpha value is -0.900. The zero-order chi connectivity index (χ0) is 14.7. The second kappa shape index (κ2) is 6.91. The Balaban J connectivity index is 1.96. The Morgan fingerprint density at radius 1 is 1.29 bits per heavy atom. The molecule has 0 aliphatic carbocycles. The highest BCUT2D eigenvalue weighted by molar-refractivity contribution is 7.17. The van der Waals surface area contributed by atoms with Gasteiger partial charge in [-0.3, -0.25) is 4.90 Å². The second-order valence-corrected chi connectivity index (χ2v) is 7.00. The first-order valence-electron chi connectivity index (χ1n) is 8.27. The van der Waals surface area contributed by atoms with Gasteiger partial charge in [0.15, 0.2) is 0 Å². The summed E-state index contributed by atoms with van der Waals surface area (Å²) in [6.45, 7) is 4.24. The highest BCUT2D eigenvalue weighted by Gasteiger charge is 2.28. The monoisotopic (exact) mass is 302 g/mol. The molecule has 2 N–H and O–H groups in total. The van der Waals surface area contributed by atoms with Crippen LogP contribution in [0, 0.1) is 0 Å². The van der Waals surface area contributed by atoms with Crippen LogP contribution in [0.3, 0.4) is 0 Å². The fourth-order valence-electron chi connectivity index (χ4n) is 3.75. The molecule has 1 aliphatic rings. The quantitative estimate of drug-likeness (QED) is 0.897. The van der Waals surface area contributed by atoms with Gasteiger partial charge in [-0.2, -0.15) is 0 Å². The number of fused-ring (bicyclic) bond motifs is 1. The zero-order valence-electron chi connectivity index (χ0n) is 12.9. The number of rotatable bonds is 4. The van der Waals surface area contributed by atoms with Crippen molar-refractivity contribution in [2.75, 3.05) is 13.1 Å². The topological polar surface area (TPSA) is 29.3 Å². The van der Waals surface area contributed by atoms with E-state index in [1.165, 1.54) is 54.3 Å². The Morgan fingerprint density at radius 3 is 2.95 bits per heavy atom. The Bertz CT molecular complexity index is 577. The minimum absolute atomic E-state index is 0.379. The summed E-state index contributed by atoms with van der Waals surface area (Å²) >= 11 is 1.85. The van der Waals surface area contributed by atoms with Crippen LogP contribution in [0.15, 0.2) is 29.6 Å². The van der Waals surface area contributed by atoms with E-state index in [0.717, 1.165) is 6.54 Å². The van der Waals surface area contributed by atoms with Gasteiger partial charge in [0.05, 0.1) is 0 Å². The van der Waals surface area contributed by atoms with Crippen molar-refractivity contribution in [2.45, 2.75) is 51.1 Å². The summed E-state index contributed by atoms with van der Waals surface area (Å²) in [7, 11) is 0. The smallest absolute Gasteiger partial charge is 0.0487 e. The molecule has 1 fully saturated rings. The van der Waals surface area contributed by atoms with Gasteiger partial charge in [-0.05, 0) is 48.2 Å². The van der Waals surface area contributed by atoms with E-state index in [2.05, 4.69) is 41.5 Å². The number of hydrogen-bond donors (Lipinski definition) is 1. The molecule has 0 bridgehead atoms. The minimum atomic E-state index is 0.379. The summed E-state index contributed by atoms with van der Waals surface area (Å²) in [6, 6.07) is 9.82. The molecule has 1 aromatic carbocycles. The van der Waals surface area contributed by atoms with Crippen LogP contribution in [0.2, 0.25) is 0 Å². The van der Waals surface area contributed by atoms with E-state index < -0.39 is 0 Å². The van der Waals surface area contributed by atoms with Crippen molar-refractivity contribution in [2.24, 2.45) is 5.73 Å². The number of nitrogens with zero attached hydrogens (tertiary/aromatic N) is 1. The molecule has 2 nitrogen and oxygen atoms in total. The van der Waals surface area contributed by atoms with Gasteiger partial charge >= 0.3 is 0 Å². The number of nitrogens with two attached hydrogens (primary N) is 1. The third kappa shape index (κ3) is 3.01. The molecule has 0 spiro atoms. The van der Waals surface area contributed by atoms with Crippen LogP contribution in [0.25, 0.3) is 10.1 Å². The molecular formula is C18H26N2S. The van der Waals surface area contributed by atoms with Gasteiger partial charge in [0.25, 0.3) is 0 Å². The molecule has 1 aliphatic heterocycles. The van der Waals surface area contributed by atoms with E-state index in [1.807, 2.05) is 11.3 Å². The maximum atomic E-state index is 6.22. The van der Waals surface area contributed by atoms with Crippen molar-refractivity contribution < 1.29 is 0 Å². The fraction of sp³-hybridized carbons (Fsp3) is 0.556. The zero-order valence-corrected chi connectivity index (χ0v) is 13.7. The molecule has 114 valence electrons. The predicted octanol–water partition coefficient (Wildman–Crippen LogP) is 4.56. The molecular weight excluding hydrogens is 276 g/mol. The first-order chi connectivity index (χ1) is 10.3. The molecule has 1 aromatic heterocycles. The number of likely N-dealkylation sites (tertiary alicyclic amines) is 1. The van der Waals surface area contributed by atoms with Gasteiger partial charge in [-0.25, -0.2) is 0 Å². The molecule has 21 heavy (non-hydrogen) atoms. The third-order valence-electron chi connectivity index (χ3n) is 4.89. The lowest BCUT2D eigenvalue weighted by Gasteiger charge is -2.36. The second-order valence-electron chi connectivity index (χ2n) is 6.09. The average molecular weight is 302 g/mol. The SMILES string of the molecule is CCC1CCCCCN1C(CN)c1csc2ccccc12. The van der Waals surface area contributed by atoms with E-state index >= 15 is 0 Å². The maximum Gasteiger partial charge on any atom is 0.0487 e. The van der Waals surface area contributed by atoms with Crippen molar-refractivity contribution in [3.05, 3.63) is 35.2 Å². The van der Waals surface area contributed by atoms with E-state index in [-0.39, 0.29) is 0 Å². The minimum Gasteiger partial charge on any atom is -0.329 e. The molecule has 1 saturated heterocycles. The van der Waals surface area contributed by atoms with E-state index in [1.54, 1.807) is 0 Å². The van der Waals surface area contributed by atoms with Crippen LogP contribution in [-0.2, 0) is 0 Å². The van der Waals surface area contributed by atoms with Gasteiger partial charge in [0.2, 0.25) is 0 Å². The normalized spacial score (nSPS) is 22.3. The molecule has 0 amide bonds. The molecule has 2 aromatic rings. The largest absolute Gasteiger partial charge is 0.329 e. The summed E-state index contributed by atoms with van der Waals surface area (Å²) in [5.41, 5.74) is 7.66. The van der Waals surface area contributed by atoms with E-state index in [0.29, 0.717) is 12.1 Å². The molecule has 0 saturated carbocycles. The van der Waals surface area contributed by atoms with Crippen molar-refractivity contribution in [3.63, 3.8) is 0 Å². The Labute approximate surface area is 131 Å². The summed E-state index contributed by atoms with van der Waals surface area (Å²) in [5.74, 6) is 0. The van der Waals surface area contributed by atoms with Gasteiger partial charge in [-0.15, -0.1) is 11.3 Å². The molecule has 2 atom stereocenters. The molecule has 2 unspecified atom stereocenters. The Morgan fingerprint density at radius 2 is 2.14 bits per heavy atom. The van der Waals surface area contributed by atoms with E-state index in [4.69, 9.17) is 5.73 Å². The summed E-state index contributed by atoms with van der Waals surface area (Å²) < 4.78 is 1.38. The van der Waals surface area contributed by atoms with Crippen LogP contribution in [0.5, 0.6) is 0 Å². The first kappa shape index (κ1) is 15.0. The number of benzene rings is 1. The summed E-state index contributed by atoms with van der Waals surface area (Å²) in [5, 5.41) is 3.73. The lowest BCUT2D eigenvalue weighted by atomic mass is 10.00. The van der Waals surface area contributed by atoms with Gasteiger partial charge in [0.1, 0.15) is 0 Å². The van der Waals surface area contributed by atoms with Crippen LogP contribution < -0.4 is 5.73 Å². The molecule has 3 heteroatoms. The van der Waals surface area contributed by atoms with Crippen LogP contribution in [-0.4, -0.2) is 24.0 Å². The maximum absolute atomic E-state index is 6.22. The van der Waals surface area contributed by atoms with Crippen LogP contribution in [0.4, 0.5) is 0 Å². The highest BCUT2D eigenvalue weighted by Crippen LogP contribution is 2.35. The predicted molar refractivity (Wildman–Crippen MR) is 92.9 cm³/mol. The van der Waals surface area contributed by atoms with Gasteiger partial charge in [0, 0.05) is 23.3 Å². The van der Waals surface area contributed by atoms with Crippen LogP contribution in [0.1, 0.15) is 50.6 Å². The van der Waals surface area contributed by atoms with Crippen molar-refractivity contribution >= 4 is 21.4 Å². The van der Waals surface area contributed by atoms with Crippen molar-refractivity contribution in [1.29, 1.82) is 0 Å². The Kier molecular flexibility index (Phi) is 4.94. The highest BCUT2D eigenvalue weighted by atomic mass is 32.1. The third-order valence-corrected chi connectivity index (χ3v) is 5.87. The van der Waals surface area contributed by atoms with Gasteiger partial charge < -0.3 is 5.73 Å². The number of thiophene rings is 1. The standard InChI is InChI=1S/C18H26N2S/c1-2-14-8-4-3-7-11-20(14)17(12-19)16-13-21-18-10-6-5-9-15(16)18/h5-6,9-10,13-14,17H,2-4,7-8,11-12,19H2,1H3. The van der Waals surface area contributed by atoms with Crippen LogP contribution >= 0.6 is 11.3 Å². The first-order valence-corrected chi connectivity index (χ1v) is 9.15. The number of hydrogen-bond acceptors (Lipinski definition) is 3.